The number of rotatable bonds is 4. The van der Waals surface area contributed by atoms with Crippen molar-refractivity contribution in [3.8, 4) is 0 Å². The second kappa shape index (κ2) is 5.06. The summed E-state index contributed by atoms with van der Waals surface area (Å²) in [4.78, 5) is 12.6. The van der Waals surface area contributed by atoms with E-state index < -0.39 is 0 Å². The Morgan fingerprint density at radius 1 is 1.55 bits per heavy atom. The van der Waals surface area contributed by atoms with E-state index in [1.807, 2.05) is 0 Å². The largest absolute Gasteiger partial charge is 0.344 e. The first-order valence-corrected chi connectivity index (χ1v) is 7.27. The molecular formula is C13H15FN4OS. The van der Waals surface area contributed by atoms with Crippen LogP contribution in [0.5, 0.6) is 0 Å². The number of nitrogens with one attached hydrogen (secondary N) is 1. The maximum atomic E-state index is 13.3. The van der Waals surface area contributed by atoms with Crippen molar-refractivity contribution in [2.75, 3.05) is 0 Å². The van der Waals surface area contributed by atoms with Gasteiger partial charge in [0.2, 0.25) is 0 Å². The van der Waals surface area contributed by atoms with Gasteiger partial charge in [-0.3, -0.25) is 4.57 Å². The number of hydrogen-bond acceptors (Lipinski definition) is 4. The molecule has 0 radical (unpaired) electrons. The Morgan fingerprint density at radius 3 is 2.95 bits per heavy atom. The summed E-state index contributed by atoms with van der Waals surface area (Å²) >= 11 is 1.34. The fourth-order valence-corrected chi connectivity index (χ4v) is 3.20. The number of halogens is 1. The third-order valence-electron chi connectivity index (χ3n) is 3.25. The number of H-pyrrole nitrogens is 1. The summed E-state index contributed by atoms with van der Waals surface area (Å²) < 4.78 is 15.0. The Hall–Kier alpha value is -1.60. The van der Waals surface area contributed by atoms with E-state index in [-0.39, 0.29) is 23.6 Å². The number of aromatic nitrogens is 3. The Kier molecular flexibility index (Phi) is 3.39. The molecule has 1 heterocycles. The molecule has 1 atom stereocenters. The van der Waals surface area contributed by atoms with Crippen LogP contribution >= 0.6 is 11.8 Å². The van der Waals surface area contributed by atoms with E-state index in [2.05, 4.69) is 10.2 Å². The predicted molar refractivity (Wildman–Crippen MR) is 74.2 cm³/mol. The van der Waals surface area contributed by atoms with E-state index in [1.165, 1.54) is 23.9 Å². The van der Waals surface area contributed by atoms with E-state index >= 15 is 0 Å². The van der Waals surface area contributed by atoms with E-state index in [0.29, 0.717) is 10.7 Å². The predicted octanol–water partition coefficient (Wildman–Crippen LogP) is 2.22. The van der Waals surface area contributed by atoms with Crippen LogP contribution < -0.4 is 11.4 Å². The van der Waals surface area contributed by atoms with Crippen LogP contribution in [0, 0.1) is 5.82 Å². The van der Waals surface area contributed by atoms with Crippen LogP contribution in [0.25, 0.3) is 0 Å². The van der Waals surface area contributed by atoms with E-state index in [1.54, 1.807) is 17.6 Å². The number of aromatic amines is 1. The molecule has 106 valence electrons. The molecule has 0 bridgehead atoms. The maximum Gasteiger partial charge on any atom is 0.344 e. The lowest BCUT2D eigenvalue weighted by atomic mass is 10.1. The van der Waals surface area contributed by atoms with Crippen LogP contribution in [-0.4, -0.2) is 14.8 Å². The van der Waals surface area contributed by atoms with Gasteiger partial charge in [-0.1, -0.05) is 0 Å². The van der Waals surface area contributed by atoms with Crippen LogP contribution in [-0.2, 0) is 0 Å². The standard InChI is InChI=1S/C13H15FN4OS/c1-7(15)10-6-8(14)2-5-11(10)20-13-17-16-12(19)18(13)9-3-4-9/h2,5-7,9H,3-4,15H2,1H3,(H,16,19)/t7-/m1/s1. The highest BCUT2D eigenvalue weighted by molar-refractivity contribution is 7.99. The highest BCUT2D eigenvalue weighted by Crippen LogP contribution is 2.38. The zero-order chi connectivity index (χ0) is 14.3. The number of nitrogens with two attached hydrogens (primary N) is 1. The molecule has 0 saturated heterocycles. The van der Waals surface area contributed by atoms with Crippen LogP contribution in [0.1, 0.15) is 37.4 Å². The molecule has 5 nitrogen and oxygen atoms in total. The molecule has 7 heteroatoms. The SMILES string of the molecule is C[C@@H](N)c1cc(F)ccc1Sc1n[nH]c(=O)n1C1CC1. The average Bonchev–Trinajstić information content (AvgIpc) is 3.17. The van der Waals surface area contributed by atoms with Gasteiger partial charge in [0.05, 0.1) is 0 Å². The molecule has 3 N–H and O–H groups in total. The first-order chi connectivity index (χ1) is 9.56. The highest BCUT2D eigenvalue weighted by atomic mass is 32.2. The minimum absolute atomic E-state index is 0.195. The van der Waals surface area contributed by atoms with Gasteiger partial charge in [-0.15, -0.1) is 5.10 Å². The Balaban J connectivity index is 1.97. The second-order valence-corrected chi connectivity index (χ2v) is 5.99. The molecule has 1 fully saturated rings. The third-order valence-corrected chi connectivity index (χ3v) is 4.31. The number of hydrogen-bond donors (Lipinski definition) is 2. The second-order valence-electron chi connectivity index (χ2n) is 4.99. The van der Waals surface area contributed by atoms with E-state index in [9.17, 15) is 9.18 Å². The van der Waals surface area contributed by atoms with Crippen LogP contribution in [0.4, 0.5) is 4.39 Å². The first kappa shape index (κ1) is 13.4. The molecule has 1 aliphatic rings. The first-order valence-electron chi connectivity index (χ1n) is 6.46. The van der Waals surface area contributed by atoms with Crippen LogP contribution in [0.15, 0.2) is 33.0 Å². The van der Waals surface area contributed by atoms with Crippen molar-refractivity contribution in [2.45, 2.75) is 41.9 Å². The van der Waals surface area contributed by atoms with Crippen LogP contribution in [0.3, 0.4) is 0 Å². The van der Waals surface area contributed by atoms with Crippen molar-refractivity contribution in [1.29, 1.82) is 0 Å². The zero-order valence-corrected chi connectivity index (χ0v) is 11.8. The molecule has 1 aromatic heterocycles. The van der Waals surface area contributed by atoms with Gasteiger partial charge in [-0.05, 0) is 55.3 Å². The summed E-state index contributed by atoms with van der Waals surface area (Å²) in [7, 11) is 0. The van der Waals surface area contributed by atoms with Crippen molar-refractivity contribution >= 4 is 11.8 Å². The monoisotopic (exact) mass is 294 g/mol. The van der Waals surface area contributed by atoms with Crippen molar-refractivity contribution in [1.82, 2.24) is 14.8 Å². The lowest BCUT2D eigenvalue weighted by Gasteiger charge is -2.12. The quantitative estimate of drug-likeness (QED) is 0.906. The molecular weight excluding hydrogens is 279 g/mol. The molecule has 3 rings (SSSR count). The average molecular weight is 294 g/mol. The summed E-state index contributed by atoms with van der Waals surface area (Å²) in [5, 5.41) is 7.12. The van der Waals surface area contributed by atoms with Gasteiger partial charge in [0, 0.05) is 17.0 Å². The topological polar surface area (TPSA) is 76.7 Å². The molecule has 0 amide bonds. The summed E-state index contributed by atoms with van der Waals surface area (Å²) in [5.74, 6) is -0.316. The Bertz CT molecular complexity index is 690. The molecule has 0 aliphatic heterocycles. The third kappa shape index (κ3) is 2.51. The molecule has 1 aromatic carbocycles. The van der Waals surface area contributed by atoms with Gasteiger partial charge in [-0.2, -0.15) is 0 Å². The van der Waals surface area contributed by atoms with Gasteiger partial charge >= 0.3 is 5.69 Å². The van der Waals surface area contributed by atoms with Gasteiger partial charge in [0.25, 0.3) is 0 Å². The van der Waals surface area contributed by atoms with Crippen molar-refractivity contribution in [3.63, 3.8) is 0 Å². The van der Waals surface area contributed by atoms with E-state index in [0.717, 1.165) is 17.7 Å². The van der Waals surface area contributed by atoms with Gasteiger partial charge in [0.1, 0.15) is 5.82 Å². The summed E-state index contributed by atoms with van der Waals surface area (Å²) in [6, 6.07) is 4.45. The summed E-state index contributed by atoms with van der Waals surface area (Å²) in [5.41, 5.74) is 6.40. The fraction of sp³-hybridized carbons (Fsp3) is 0.385. The van der Waals surface area contributed by atoms with Gasteiger partial charge in [-0.25, -0.2) is 14.3 Å². The summed E-state index contributed by atoms with van der Waals surface area (Å²) in [6.07, 6.45) is 1.99. The normalized spacial score (nSPS) is 16.4. The van der Waals surface area contributed by atoms with E-state index in [4.69, 9.17) is 5.73 Å². The maximum absolute atomic E-state index is 13.3. The fourth-order valence-electron chi connectivity index (χ4n) is 2.08. The summed E-state index contributed by atoms with van der Waals surface area (Å²) in [6.45, 7) is 1.80. The Morgan fingerprint density at radius 2 is 2.30 bits per heavy atom. The smallest absolute Gasteiger partial charge is 0.324 e. The number of nitrogens with zero attached hydrogens (tertiary/aromatic N) is 2. The van der Waals surface area contributed by atoms with Gasteiger partial charge in [0.15, 0.2) is 5.16 Å². The minimum atomic E-state index is -0.316. The van der Waals surface area contributed by atoms with Crippen molar-refractivity contribution < 1.29 is 4.39 Å². The zero-order valence-electron chi connectivity index (χ0n) is 11.0. The van der Waals surface area contributed by atoms with Crippen LogP contribution in [0.2, 0.25) is 0 Å². The molecule has 2 aromatic rings. The van der Waals surface area contributed by atoms with Gasteiger partial charge < -0.3 is 5.73 Å². The molecule has 0 spiro atoms. The van der Waals surface area contributed by atoms with Crippen molar-refractivity contribution in [3.05, 3.63) is 40.1 Å². The molecule has 1 saturated carbocycles. The molecule has 20 heavy (non-hydrogen) atoms. The Labute approximate surface area is 119 Å². The highest BCUT2D eigenvalue weighted by Gasteiger charge is 2.29. The number of benzene rings is 1. The molecule has 0 unspecified atom stereocenters. The van der Waals surface area contributed by atoms with Crippen molar-refractivity contribution in [2.24, 2.45) is 5.73 Å². The molecule has 1 aliphatic carbocycles. The lowest BCUT2D eigenvalue weighted by Crippen LogP contribution is -2.16. The lowest BCUT2D eigenvalue weighted by molar-refractivity contribution is 0.618. The minimum Gasteiger partial charge on any atom is -0.324 e.